The molecule has 0 aliphatic carbocycles. The number of nitrogens with one attached hydrogen (secondary N) is 1. The Bertz CT molecular complexity index is 597. The van der Waals surface area contributed by atoms with Gasteiger partial charge in [0, 0.05) is 6.54 Å². The molecule has 0 atom stereocenters. The molecule has 0 radical (unpaired) electrons. The quantitative estimate of drug-likeness (QED) is 0.874. The maximum atomic E-state index is 6.04. The van der Waals surface area contributed by atoms with Crippen LogP contribution in [-0.2, 0) is 5.54 Å². The fourth-order valence-corrected chi connectivity index (χ4v) is 2.15. The molecular formula is C14H22ClN5. The Kier molecular flexibility index (Phi) is 4.18. The molecule has 0 saturated carbocycles. The molecule has 0 saturated heterocycles. The van der Waals surface area contributed by atoms with E-state index in [1.165, 1.54) is 0 Å². The normalized spacial score (nSPS) is 12.3. The highest BCUT2D eigenvalue weighted by Gasteiger charge is 2.20. The van der Waals surface area contributed by atoms with E-state index < -0.39 is 0 Å². The molecular weight excluding hydrogens is 274 g/mol. The van der Waals surface area contributed by atoms with Crippen LogP contribution in [0.25, 0.3) is 11.0 Å². The highest BCUT2D eigenvalue weighted by atomic mass is 35.5. The van der Waals surface area contributed by atoms with E-state index in [4.69, 9.17) is 11.6 Å². The van der Waals surface area contributed by atoms with Gasteiger partial charge < -0.3 is 5.32 Å². The van der Waals surface area contributed by atoms with Crippen LogP contribution in [0.5, 0.6) is 0 Å². The average molecular weight is 296 g/mol. The SMILES string of the molecule is CC(C)CCNc1nc(Cl)nc2c1cnn2C(C)(C)C. The third-order valence-electron chi connectivity index (χ3n) is 3.05. The summed E-state index contributed by atoms with van der Waals surface area (Å²) < 4.78 is 1.88. The molecule has 0 aliphatic heterocycles. The first-order valence-corrected chi connectivity index (χ1v) is 7.32. The van der Waals surface area contributed by atoms with Crippen LogP contribution in [0.15, 0.2) is 6.20 Å². The van der Waals surface area contributed by atoms with Gasteiger partial charge >= 0.3 is 0 Å². The molecule has 0 amide bonds. The molecule has 0 fully saturated rings. The smallest absolute Gasteiger partial charge is 0.226 e. The lowest BCUT2D eigenvalue weighted by Crippen LogP contribution is -2.23. The standard InChI is InChI=1S/C14H22ClN5/c1-9(2)6-7-16-11-10-8-17-20(14(3,4)5)12(10)19-13(15)18-11/h8-9H,6-7H2,1-5H3,(H,16,18,19). The van der Waals surface area contributed by atoms with Crippen LogP contribution < -0.4 is 5.32 Å². The number of hydrogen-bond acceptors (Lipinski definition) is 4. The van der Waals surface area contributed by atoms with Crippen molar-refractivity contribution in [2.75, 3.05) is 11.9 Å². The van der Waals surface area contributed by atoms with E-state index >= 15 is 0 Å². The first-order chi connectivity index (χ1) is 9.29. The number of anilines is 1. The first-order valence-electron chi connectivity index (χ1n) is 6.94. The molecule has 110 valence electrons. The van der Waals surface area contributed by atoms with Crippen molar-refractivity contribution in [3.05, 3.63) is 11.5 Å². The van der Waals surface area contributed by atoms with Gasteiger partial charge in [-0.2, -0.15) is 15.1 Å². The van der Waals surface area contributed by atoms with Crippen molar-refractivity contribution in [2.24, 2.45) is 5.92 Å². The number of rotatable bonds is 4. The Morgan fingerprint density at radius 3 is 2.60 bits per heavy atom. The summed E-state index contributed by atoms with van der Waals surface area (Å²) in [6.45, 7) is 11.5. The van der Waals surface area contributed by atoms with E-state index in [1.807, 2.05) is 4.68 Å². The zero-order chi connectivity index (χ0) is 14.9. The van der Waals surface area contributed by atoms with Gasteiger partial charge in [-0.3, -0.25) is 0 Å². The molecule has 5 nitrogen and oxygen atoms in total. The Labute approximate surface area is 124 Å². The lowest BCUT2D eigenvalue weighted by molar-refractivity contribution is 0.366. The van der Waals surface area contributed by atoms with Crippen LogP contribution in [-0.4, -0.2) is 26.3 Å². The summed E-state index contributed by atoms with van der Waals surface area (Å²) in [7, 11) is 0. The minimum atomic E-state index is -0.144. The Morgan fingerprint density at radius 1 is 1.30 bits per heavy atom. The van der Waals surface area contributed by atoms with Crippen LogP contribution >= 0.6 is 11.6 Å². The largest absolute Gasteiger partial charge is 0.369 e. The second-order valence-corrected chi connectivity index (χ2v) is 6.75. The minimum Gasteiger partial charge on any atom is -0.369 e. The van der Waals surface area contributed by atoms with Gasteiger partial charge in [-0.05, 0) is 44.7 Å². The second kappa shape index (κ2) is 5.56. The summed E-state index contributed by atoms with van der Waals surface area (Å²) in [5, 5.41) is 8.92. The maximum absolute atomic E-state index is 6.04. The summed E-state index contributed by atoms with van der Waals surface area (Å²) in [6.07, 6.45) is 2.88. The monoisotopic (exact) mass is 295 g/mol. The van der Waals surface area contributed by atoms with Gasteiger partial charge in [0.15, 0.2) is 5.65 Å². The molecule has 2 aromatic heterocycles. The van der Waals surface area contributed by atoms with Gasteiger partial charge in [-0.15, -0.1) is 0 Å². The van der Waals surface area contributed by atoms with Crippen molar-refractivity contribution < 1.29 is 0 Å². The average Bonchev–Trinajstić information content (AvgIpc) is 2.71. The number of fused-ring (bicyclic) bond motifs is 1. The molecule has 6 heteroatoms. The zero-order valence-corrected chi connectivity index (χ0v) is 13.5. The fourth-order valence-electron chi connectivity index (χ4n) is 1.99. The molecule has 0 aromatic carbocycles. The Balaban J connectivity index is 2.38. The lowest BCUT2D eigenvalue weighted by atomic mass is 10.1. The van der Waals surface area contributed by atoms with Crippen molar-refractivity contribution in [1.82, 2.24) is 19.7 Å². The number of nitrogens with zero attached hydrogens (tertiary/aromatic N) is 4. The van der Waals surface area contributed by atoms with Crippen molar-refractivity contribution in [1.29, 1.82) is 0 Å². The third-order valence-corrected chi connectivity index (χ3v) is 3.22. The lowest BCUT2D eigenvalue weighted by Gasteiger charge is -2.19. The van der Waals surface area contributed by atoms with Gasteiger partial charge in [0.1, 0.15) is 5.82 Å². The van der Waals surface area contributed by atoms with Crippen molar-refractivity contribution in [3.8, 4) is 0 Å². The van der Waals surface area contributed by atoms with Gasteiger partial charge in [0.2, 0.25) is 5.28 Å². The van der Waals surface area contributed by atoms with Gasteiger partial charge in [0.25, 0.3) is 0 Å². The van der Waals surface area contributed by atoms with E-state index in [0.717, 1.165) is 29.8 Å². The predicted octanol–water partition coefficient (Wildman–Crippen LogP) is 3.69. The molecule has 2 aromatic rings. The minimum absolute atomic E-state index is 0.144. The van der Waals surface area contributed by atoms with Gasteiger partial charge in [0.05, 0.1) is 17.1 Å². The van der Waals surface area contributed by atoms with E-state index in [-0.39, 0.29) is 10.8 Å². The molecule has 20 heavy (non-hydrogen) atoms. The Morgan fingerprint density at radius 2 is 2.00 bits per heavy atom. The molecule has 0 bridgehead atoms. The van der Waals surface area contributed by atoms with Crippen molar-refractivity contribution in [2.45, 2.75) is 46.6 Å². The van der Waals surface area contributed by atoms with Gasteiger partial charge in [-0.1, -0.05) is 13.8 Å². The van der Waals surface area contributed by atoms with Crippen molar-refractivity contribution in [3.63, 3.8) is 0 Å². The van der Waals surface area contributed by atoms with E-state index in [9.17, 15) is 0 Å². The summed E-state index contributed by atoms with van der Waals surface area (Å²) in [5.41, 5.74) is 0.624. The summed E-state index contributed by atoms with van der Waals surface area (Å²) in [6, 6.07) is 0. The van der Waals surface area contributed by atoms with Crippen LogP contribution in [0.2, 0.25) is 5.28 Å². The predicted molar refractivity (Wildman–Crippen MR) is 83.3 cm³/mol. The molecule has 0 unspecified atom stereocenters. The zero-order valence-electron chi connectivity index (χ0n) is 12.7. The highest BCUT2D eigenvalue weighted by molar-refractivity contribution is 6.28. The van der Waals surface area contributed by atoms with E-state index in [0.29, 0.717) is 5.92 Å². The van der Waals surface area contributed by atoms with Crippen LogP contribution in [0, 0.1) is 5.92 Å². The van der Waals surface area contributed by atoms with Crippen LogP contribution in [0.3, 0.4) is 0 Å². The maximum Gasteiger partial charge on any atom is 0.226 e. The highest BCUT2D eigenvalue weighted by Crippen LogP contribution is 2.26. The third kappa shape index (κ3) is 3.20. The van der Waals surface area contributed by atoms with E-state index in [1.54, 1.807) is 6.20 Å². The number of hydrogen-bond donors (Lipinski definition) is 1. The Hall–Kier alpha value is -1.36. The first kappa shape index (κ1) is 15.0. The topological polar surface area (TPSA) is 55.6 Å². The number of halogens is 1. The fraction of sp³-hybridized carbons (Fsp3) is 0.643. The van der Waals surface area contributed by atoms with E-state index in [2.05, 4.69) is 55.0 Å². The van der Waals surface area contributed by atoms with Crippen LogP contribution in [0.4, 0.5) is 5.82 Å². The molecule has 1 N–H and O–H groups in total. The molecule has 0 spiro atoms. The molecule has 2 heterocycles. The van der Waals surface area contributed by atoms with Crippen LogP contribution in [0.1, 0.15) is 41.0 Å². The van der Waals surface area contributed by atoms with Crippen molar-refractivity contribution >= 4 is 28.5 Å². The number of aromatic nitrogens is 4. The summed E-state index contributed by atoms with van der Waals surface area (Å²) >= 11 is 6.04. The summed E-state index contributed by atoms with van der Waals surface area (Å²) in [5.74, 6) is 1.41. The molecule has 0 aliphatic rings. The molecule has 2 rings (SSSR count). The second-order valence-electron chi connectivity index (χ2n) is 6.42. The summed E-state index contributed by atoms with van der Waals surface area (Å²) in [4.78, 5) is 8.60. The van der Waals surface area contributed by atoms with Gasteiger partial charge in [-0.25, -0.2) is 4.68 Å².